The van der Waals surface area contributed by atoms with Gasteiger partial charge in [-0.3, -0.25) is 4.79 Å². The van der Waals surface area contributed by atoms with Gasteiger partial charge in [-0.15, -0.1) is 0 Å². The summed E-state index contributed by atoms with van der Waals surface area (Å²) in [6.45, 7) is 3.89. The highest BCUT2D eigenvalue weighted by atomic mass is 32.2. The van der Waals surface area contributed by atoms with Crippen molar-refractivity contribution in [3.05, 3.63) is 0 Å². The number of sulfone groups is 1. The Morgan fingerprint density at radius 1 is 1.30 bits per heavy atom. The molecule has 0 aromatic carbocycles. The van der Waals surface area contributed by atoms with Crippen LogP contribution in [0.5, 0.6) is 0 Å². The number of rotatable bonds is 7. The van der Waals surface area contributed by atoms with Crippen molar-refractivity contribution in [2.75, 3.05) is 18.1 Å². The summed E-state index contributed by atoms with van der Waals surface area (Å²) in [5.41, 5.74) is 5.79. The zero-order valence-electron chi connectivity index (χ0n) is 12.7. The van der Waals surface area contributed by atoms with Gasteiger partial charge in [-0.05, 0) is 31.7 Å². The number of nitrogens with two attached hydrogens (primary N) is 1. The molecule has 0 aliphatic heterocycles. The highest BCUT2D eigenvalue weighted by Crippen LogP contribution is 2.38. The Hall–Kier alpha value is -0.620. The molecule has 1 saturated carbocycles. The zero-order chi connectivity index (χ0) is 15.2. The fourth-order valence-corrected chi connectivity index (χ4v) is 4.04. The van der Waals surface area contributed by atoms with Crippen LogP contribution in [0.25, 0.3) is 0 Å². The third-order valence-electron chi connectivity index (χ3n) is 4.23. The molecular weight excluding hydrogens is 276 g/mol. The van der Waals surface area contributed by atoms with Gasteiger partial charge in [0.25, 0.3) is 0 Å². The number of carbonyl (C=O) groups excluding carboxylic acids is 1. The Morgan fingerprint density at radius 3 is 2.40 bits per heavy atom. The van der Waals surface area contributed by atoms with Gasteiger partial charge in [0.1, 0.15) is 0 Å². The first kappa shape index (κ1) is 17.4. The quantitative estimate of drug-likeness (QED) is 0.740. The predicted molar refractivity (Wildman–Crippen MR) is 81.1 cm³/mol. The normalized spacial score (nSPS) is 20.4. The lowest BCUT2D eigenvalue weighted by atomic mass is 9.71. The van der Waals surface area contributed by atoms with Crippen LogP contribution in [-0.4, -0.2) is 38.4 Å². The second-order valence-corrected chi connectivity index (χ2v) is 8.51. The molecule has 0 radical (unpaired) electrons. The number of carbonyl (C=O) groups is 1. The van der Waals surface area contributed by atoms with Gasteiger partial charge in [-0.1, -0.05) is 26.2 Å². The lowest BCUT2D eigenvalue weighted by Crippen LogP contribution is -2.43. The largest absolute Gasteiger partial charge is 0.353 e. The summed E-state index contributed by atoms with van der Waals surface area (Å²) in [6.07, 6.45) is 5.89. The van der Waals surface area contributed by atoms with Crippen LogP contribution in [0.1, 0.15) is 52.4 Å². The minimum Gasteiger partial charge on any atom is -0.353 e. The van der Waals surface area contributed by atoms with Crippen LogP contribution >= 0.6 is 0 Å². The van der Waals surface area contributed by atoms with Crippen molar-refractivity contribution in [2.24, 2.45) is 11.1 Å². The van der Waals surface area contributed by atoms with E-state index in [1.165, 1.54) is 6.42 Å². The van der Waals surface area contributed by atoms with Gasteiger partial charge in [0.15, 0.2) is 9.84 Å². The lowest BCUT2D eigenvalue weighted by molar-refractivity contribution is -0.124. The molecule has 1 unspecified atom stereocenters. The smallest absolute Gasteiger partial charge is 0.220 e. The first-order valence-electron chi connectivity index (χ1n) is 7.52. The molecule has 20 heavy (non-hydrogen) atoms. The molecule has 0 heterocycles. The van der Waals surface area contributed by atoms with Crippen LogP contribution in [0.3, 0.4) is 0 Å². The monoisotopic (exact) mass is 304 g/mol. The molecule has 1 rings (SSSR count). The van der Waals surface area contributed by atoms with Crippen molar-refractivity contribution in [3.63, 3.8) is 0 Å². The molecular formula is C14H28N2O3S. The number of hydrogen-bond donors (Lipinski definition) is 2. The second kappa shape index (κ2) is 7.41. The Balaban J connectivity index is 2.50. The van der Waals surface area contributed by atoms with Crippen LogP contribution < -0.4 is 11.1 Å². The highest BCUT2D eigenvalue weighted by Gasteiger charge is 2.33. The van der Waals surface area contributed by atoms with Crippen LogP contribution in [-0.2, 0) is 14.6 Å². The third kappa shape index (κ3) is 5.40. The molecule has 1 aliphatic carbocycles. The molecule has 1 fully saturated rings. The molecule has 0 aromatic rings. The van der Waals surface area contributed by atoms with Gasteiger partial charge in [0, 0.05) is 18.2 Å². The summed E-state index contributed by atoms with van der Waals surface area (Å²) >= 11 is 0. The average molecular weight is 304 g/mol. The van der Waals surface area contributed by atoms with E-state index in [4.69, 9.17) is 5.73 Å². The molecule has 0 spiro atoms. The van der Waals surface area contributed by atoms with E-state index in [1.807, 2.05) is 0 Å². The van der Waals surface area contributed by atoms with E-state index in [2.05, 4.69) is 5.32 Å². The van der Waals surface area contributed by atoms with E-state index in [9.17, 15) is 13.2 Å². The number of amides is 1. The van der Waals surface area contributed by atoms with E-state index >= 15 is 0 Å². The Labute approximate surface area is 122 Å². The summed E-state index contributed by atoms with van der Waals surface area (Å²) in [5.74, 6) is 0.0429. The van der Waals surface area contributed by atoms with Gasteiger partial charge in [-0.25, -0.2) is 8.42 Å². The SMILES string of the molecule is CCS(=O)(=O)CC(C)NC(=O)CC1(CN)CCCCC1. The van der Waals surface area contributed by atoms with Crippen molar-refractivity contribution >= 4 is 15.7 Å². The van der Waals surface area contributed by atoms with Gasteiger partial charge < -0.3 is 11.1 Å². The van der Waals surface area contributed by atoms with Gasteiger partial charge in [0.2, 0.25) is 5.91 Å². The Bertz CT molecular complexity index is 414. The molecule has 0 bridgehead atoms. The van der Waals surface area contributed by atoms with E-state index in [-0.39, 0.29) is 28.9 Å². The summed E-state index contributed by atoms with van der Waals surface area (Å²) in [4.78, 5) is 12.1. The maximum atomic E-state index is 12.1. The van der Waals surface area contributed by atoms with E-state index < -0.39 is 9.84 Å². The van der Waals surface area contributed by atoms with Crippen molar-refractivity contribution in [1.82, 2.24) is 5.32 Å². The van der Waals surface area contributed by atoms with Gasteiger partial charge >= 0.3 is 0 Å². The number of nitrogens with one attached hydrogen (secondary N) is 1. The van der Waals surface area contributed by atoms with Crippen LogP contribution in [0, 0.1) is 5.41 Å². The topological polar surface area (TPSA) is 89.3 Å². The van der Waals surface area contributed by atoms with E-state index in [0.29, 0.717) is 13.0 Å². The van der Waals surface area contributed by atoms with E-state index in [1.54, 1.807) is 13.8 Å². The van der Waals surface area contributed by atoms with Crippen LogP contribution in [0.15, 0.2) is 0 Å². The Morgan fingerprint density at radius 2 is 1.90 bits per heavy atom. The summed E-state index contributed by atoms with van der Waals surface area (Å²) in [6, 6.07) is -0.342. The standard InChI is InChI=1S/C14H28N2O3S/c1-3-20(18,19)10-12(2)16-13(17)9-14(11-15)7-5-4-6-8-14/h12H,3-11,15H2,1-2H3,(H,16,17). The molecule has 1 atom stereocenters. The minimum absolute atomic E-state index is 0.00483. The molecule has 1 amide bonds. The molecule has 5 nitrogen and oxygen atoms in total. The first-order valence-corrected chi connectivity index (χ1v) is 9.34. The number of hydrogen-bond acceptors (Lipinski definition) is 4. The first-order chi connectivity index (χ1) is 9.32. The zero-order valence-corrected chi connectivity index (χ0v) is 13.5. The fourth-order valence-electron chi connectivity index (χ4n) is 2.96. The van der Waals surface area contributed by atoms with Gasteiger partial charge in [-0.2, -0.15) is 0 Å². The summed E-state index contributed by atoms with van der Waals surface area (Å²) in [5, 5.41) is 2.80. The summed E-state index contributed by atoms with van der Waals surface area (Å²) in [7, 11) is -3.06. The van der Waals surface area contributed by atoms with Crippen molar-refractivity contribution in [2.45, 2.75) is 58.4 Å². The third-order valence-corrected chi connectivity index (χ3v) is 6.12. The van der Waals surface area contributed by atoms with Crippen LogP contribution in [0.2, 0.25) is 0 Å². The fraction of sp³-hybridized carbons (Fsp3) is 0.929. The maximum Gasteiger partial charge on any atom is 0.220 e. The van der Waals surface area contributed by atoms with Crippen molar-refractivity contribution in [3.8, 4) is 0 Å². The molecule has 118 valence electrons. The molecule has 1 aliphatic rings. The lowest BCUT2D eigenvalue weighted by Gasteiger charge is -2.36. The van der Waals surface area contributed by atoms with E-state index in [0.717, 1.165) is 25.7 Å². The second-order valence-electron chi connectivity index (χ2n) is 6.11. The van der Waals surface area contributed by atoms with Crippen LogP contribution in [0.4, 0.5) is 0 Å². The predicted octanol–water partition coefficient (Wildman–Crippen LogP) is 1.23. The molecule has 6 heteroatoms. The van der Waals surface area contributed by atoms with Crippen molar-refractivity contribution < 1.29 is 13.2 Å². The molecule has 0 saturated heterocycles. The maximum absolute atomic E-state index is 12.1. The molecule has 3 N–H and O–H groups in total. The average Bonchev–Trinajstić information content (AvgIpc) is 2.38. The highest BCUT2D eigenvalue weighted by molar-refractivity contribution is 7.91. The minimum atomic E-state index is -3.06. The van der Waals surface area contributed by atoms with Crippen molar-refractivity contribution in [1.29, 1.82) is 0 Å². The summed E-state index contributed by atoms with van der Waals surface area (Å²) < 4.78 is 23.1. The Kier molecular flexibility index (Phi) is 6.45. The van der Waals surface area contributed by atoms with Gasteiger partial charge in [0.05, 0.1) is 5.75 Å². The molecule has 0 aromatic heterocycles.